The molecule has 1 heterocycles. The third-order valence-corrected chi connectivity index (χ3v) is 3.67. The molecule has 2 rings (SSSR count). The molecule has 0 saturated heterocycles. The Bertz CT molecular complexity index is 650. The average molecular weight is 317 g/mol. The highest BCUT2D eigenvalue weighted by atomic mass is 16.5. The Labute approximate surface area is 136 Å². The maximum Gasteiger partial charge on any atom is 0.271 e. The monoisotopic (exact) mass is 317 g/mol. The number of aromatic nitrogens is 2. The molecule has 0 spiro atoms. The van der Waals surface area contributed by atoms with Gasteiger partial charge in [-0.05, 0) is 49.6 Å². The number of ether oxygens (including phenoxy) is 1. The normalized spacial score (nSPS) is 12.0. The largest absolute Gasteiger partial charge is 0.497 e. The Morgan fingerprint density at radius 3 is 2.70 bits per heavy atom. The summed E-state index contributed by atoms with van der Waals surface area (Å²) in [5, 5.41) is 16.1. The number of carbonyl (C=O) groups excluding carboxylic acids is 1. The van der Waals surface area contributed by atoms with Gasteiger partial charge in [0, 0.05) is 18.8 Å². The first kappa shape index (κ1) is 17.0. The fraction of sp³-hybridized carbons (Fsp3) is 0.412. The molecule has 0 aliphatic carbocycles. The summed E-state index contributed by atoms with van der Waals surface area (Å²) in [5.74, 6) is 0.799. The molecule has 1 atom stereocenters. The zero-order valence-corrected chi connectivity index (χ0v) is 13.7. The van der Waals surface area contributed by atoms with Crippen LogP contribution < -0.4 is 10.1 Å². The second-order valence-electron chi connectivity index (χ2n) is 5.61. The SMILES string of the molecule is COc1ccc(-n2nc(C(=O)NCC(C)CCO)cc2C)cc1. The molecule has 0 bridgehead atoms. The summed E-state index contributed by atoms with van der Waals surface area (Å²) in [6.07, 6.45) is 0.666. The minimum absolute atomic E-state index is 0.127. The van der Waals surface area contributed by atoms with Crippen molar-refractivity contribution in [3.63, 3.8) is 0 Å². The van der Waals surface area contributed by atoms with Gasteiger partial charge in [0.1, 0.15) is 5.75 Å². The second-order valence-corrected chi connectivity index (χ2v) is 5.61. The van der Waals surface area contributed by atoms with Gasteiger partial charge in [-0.3, -0.25) is 4.79 Å². The van der Waals surface area contributed by atoms with E-state index in [-0.39, 0.29) is 18.4 Å². The highest BCUT2D eigenvalue weighted by Crippen LogP contribution is 2.16. The van der Waals surface area contributed by atoms with E-state index in [1.807, 2.05) is 38.1 Å². The summed E-state index contributed by atoms with van der Waals surface area (Å²) >= 11 is 0. The van der Waals surface area contributed by atoms with Crippen molar-refractivity contribution in [2.45, 2.75) is 20.3 Å². The molecule has 124 valence electrons. The number of benzene rings is 1. The van der Waals surface area contributed by atoms with E-state index in [0.29, 0.717) is 18.7 Å². The van der Waals surface area contributed by atoms with Crippen molar-refractivity contribution in [3.8, 4) is 11.4 Å². The number of aryl methyl sites for hydroxylation is 1. The molecule has 0 radical (unpaired) electrons. The van der Waals surface area contributed by atoms with Crippen molar-refractivity contribution >= 4 is 5.91 Å². The molecule has 1 aromatic carbocycles. The highest BCUT2D eigenvalue weighted by Gasteiger charge is 2.14. The second kappa shape index (κ2) is 7.78. The molecule has 6 nitrogen and oxygen atoms in total. The van der Waals surface area contributed by atoms with Crippen molar-refractivity contribution in [1.82, 2.24) is 15.1 Å². The molecule has 0 aliphatic rings. The summed E-state index contributed by atoms with van der Waals surface area (Å²) in [6.45, 7) is 4.54. The molecule has 1 amide bonds. The summed E-state index contributed by atoms with van der Waals surface area (Å²) in [4.78, 5) is 12.2. The Balaban J connectivity index is 2.09. The van der Waals surface area contributed by atoms with E-state index in [2.05, 4.69) is 10.4 Å². The van der Waals surface area contributed by atoms with Gasteiger partial charge in [0.15, 0.2) is 5.69 Å². The summed E-state index contributed by atoms with van der Waals surface area (Å²) < 4.78 is 6.87. The van der Waals surface area contributed by atoms with Crippen LogP contribution in [-0.4, -0.2) is 41.1 Å². The van der Waals surface area contributed by atoms with Gasteiger partial charge in [-0.15, -0.1) is 0 Å². The van der Waals surface area contributed by atoms with E-state index >= 15 is 0 Å². The fourth-order valence-electron chi connectivity index (χ4n) is 2.25. The lowest BCUT2D eigenvalue weighted by atomic mass is 10.1. The van der Waals surface area contributed by atoms with Crippen LogP contribution in [-0.2, 0) is 0 Å². The third kappa shape index (κ3) is 4.32. The number of carbonyl (C=O) groups is 1. The molecule has 2 N–H and O–H groups in total. The van der Waals surface area contributed by atoms with Gasteiger partial charge in [0.2, 0.25) is 0 Å². The van der Waals surface area contributed by atoms with Gasteiger partial charge >= 0.3 is 0 Å². The number of aliphatic hydroxyl groups excluding tert-OH is 1. The van der Waals surface area contributed by atoms with Gasteiger partial charge in [0.05, 0.1) is 12.8 Å². The molecule has 0 aliphatic heterocycles. The Kier molecular flexibility index (Phi) is 5.76. The van der Waals surface area contributed by atoms with Crippen molar-refractivity contribution in [2.75, 3.05) is 20.3 Å². The van der Waals surface area contributed by atoms with Crippen LogP contribution in [0.3, 0.4) is 0 Å². The lowest BCUT2D eigenvalue weighted by molar-refractivity contribution is 0.0940. The minimum atomic E-state index is -0.204. The van der Waals surface area contributed by atoms with Crippen LogP contribution in [0.25, 0.3) is 5.69 Å². The minimum Gasteiger partial charge on any atom is -0.497 e. The zero-order valence-electron chi connectivity index (χ0n) is 13.7. The lowest BCUT2D eigenvalue weighted by Gasteiger charge is -2.10. The number of hydrogen-bond acceptors (Lipinski definition) is 4. The molecule has 0 saturated carbocycles. The highest BCUT2D eigenvalue weighted by molar-refractivity contribution is 5.92. The number of aliphatic hydroxyl groups is 1. The van der Waals surface area contributed by atoms with Gasteiger partial charge in [-0.25, -0.2) is 4.68 Å². The predicted octanol–water partition coefficient (Wildman–Crippen LogP) is 1.94. The van der Waals surface area contributed by atoms with Gasteiger partial charge in [-0.1, -0.05) is 6.92 Å². The average Bonchev–Trinajstić information content (AvgIpc) is 2.95. The number of nitrogens with zero attached hydrogens (tertiary/aromatic N) is 2. The molecule has 6 heteroatoms. The first-order valence-corrected chi connectivity index (χ1v) is 7.65. The van der Waals surface area contributed by atoms with Crippen molar-refractivity contribution in [1.29, 1.82) is 0 Å². The molecule has 2 aromatic rings. The predicted molar refractivity (Wildman–Crippen MR) is 88.1 cm³/mol. The van der Waals surface area contributed by atoms with Gasteiger partial charge in [0.25, 0.3) is 5.91 Å². The van der Waals surface area contributed by atoms with Crippen molar-refractivity contribution in [2.24, 2.45) is 5.92 Å². The van der Waals surface area contributed by atoms with Gasteiger partial charge in [-0.2, -0.15) is 5.10 Å². The quantitative estimate of drug-likeness (QED) is 0.818. The van der Waals surface area contributed by atoms with E-state index in [1.165, 1.54) is 0 Å². The molecular weight excluding hydrogens is 294 g/mol. The number of hydrogen-bond donors (Lipinski definition) is 2. The summed E-state index contributed by atoms with van der Waals surface area (Å²) in [5.41, 5.74) is 2.13. The topological polar surface area (TPSA) is 76.4 Å². The van der Waals surface area contributed by atoms with E-state index in [1.54, 1.807) is 17.9 Å². The molecule has 1 unspecified atom stereocenters. The number of amides is 1. The zero-order chi connectivity index (χ0) is 16.8. The Morgan fingerprint density at radius 2 is 2.09 bits per heavy atom. The van der Waals surface area contributed by atoms with Crippen LogP contribution >= 0.6 is 0 Å². The van der Waals surface area contributed by atoms with Crippen LogP contribution in [0, 0.1) is 12.8 Å². The van der Waals surface area contributed by atoms with Crippen LogP contribution in [0.1, 0.15) is 29.5 Å². The maximum atomic E-state index is 12.2. The van der Waals surface area contributed by atoms with Gasteiger partial charge < -0.3 is 15.2 Å². The standard InChI is InChI=1S/C17H23N3O3/c1-12(8-9-21)11-18-17(22)16-10-13(2)20(19-16)14-4-6-15(23-3)7-5-14/h4-7,10,12,21H,8-9,11H2,1-3H3,(H,18,22). The number of nitrogens with one attached hydrogen (secondary N) is 1. The van der Waals surface area contributed by atoms with E-state index < -0.39 is 0 Å². The van der Waals surface area contributed by atoms with Crippen LogP contribution in [0.15, 0.2) is 30.3 Å². The fourth-order valence-corrected chi connectivity index (χ4v) is 2.25. The first-order chi connectivity index (χ1) is 11.0. The smallest absolute Gasteiger partial charge is 0.271 e. The molecular formula is C17H23N3O3. The third-order valence-electron chi connectivity index (χ3n) is 3.67. The van der Waals surface area contributed by atoms with Crippen molar-refractivity contribution in [3.05, 3.63) is 41.7 Å². The Hall–Kier alpha value is -2.34. The summed E-state index contributed by atoms with van der Waals surface area (Å²) in [6, 6.07) is 9.25. The number of methoxy groups -OCH3 is 1. The molecule has 0 fully saturated rings. The van der Waals surface area contributed by atoms with E-state index in [4.69, 9.17) is 9.84 Å². The van der Waals surface area contributed by atoms with E-state index in [9.17, 15) is 4.79 Å². The maximum absolute atomic E-state index is 12.2. The van der Waals surface area contributed by atoms with E-state index in [0.717, 1.165) is 17.1 Å². The summed E-state index contributed by atoms with van der Waals surface area (Å²) in [7, 11) is 1.62. The number of rotatable bonds is 7. The van der Waals surface area contributed by atoms with Crippen LogP contribution in [0.2, 0.25) is 0 Å². The lowest BCUT2D eigenvalue weighted by Crippen LogP contribution is -2.29. The molecule has 1 aromatic heterocycles. The van der Waals surface area contributed by atoms with Crippen LogP contribution in [0.4, 0.5) is 0 Å². The van der Waals surface area contributed by atoms with Crippen molar-refractivity contribution < 1.29 is 14.6 Å². The Morgan fingerprint density at radius 1 is 1.39 bits per heavy atom. The first-order valence-electron chi connectivity index (χ1n) is 7.65. The van der Waals surface area contributed by atoms with Crippen LogP contribution in [0.5, 0.6) is 5.75 Å². The molecule has 23 heavy (non-hydrogen) atoms.